The number of carbonyl (C=O) groups is 1. The summed E-state index contributed by atoms with van der Waals surface area (Å²) in [4.78, 5) is 13.0. The molecule has 2 heterocycles. The van der Waals surface area contributed by atoms with E-state index in [0.29, 0.717) is 22.8 Å². The zero-order chi connectivity index (χ0) is 20.7. The van der Waals surface area contributed by atoms with Gasteiger partial charge in [-0.15, -0.1) is 0 Å². The zero-order valence-electron chi connectivity index (χ0n) is 16.7. The Morgan fingerprint density at radius 1 is 0.933 bits per heavy atom. The summed E-state index contributed by atoms with van der Waals surface area (Å²) in [5, 5.41) is 0. The van der Waals surface area contributed by atoms with Crippen LogP contribution >= 0.6 is 0 Å². The van der Waals surface area contributed by atoms with Crippen molar-refractivity contribution in [1.82, 2.24) is 0 Å². The first-order chi connectivity index (χ1) is 14.7. The van der Waals surface area contributed by atoms with Crippen LogP contribution in [0.15, 0.2) is 72.3 Å². The van der Waals surface area contributed by atoms with E-state index in [-0.39, 0.29) is 6.79 Å². The second-order valence-corrected chi connectivity index (χ2v) is 7.25. The molecule has 0 saturated heterocycles. The largest absolute Gasteiger partial charge is 0.480 e. The normalized spacial score (nSPS) is 16.7. The second-order valence-electron chi connectivity index (χ2n) is 7.25. The average molecular weight is 400 g/mol. The van der Waals surface area contributed by atoms with Gasteiger partial charge in [-0.1, -0.05) is 54.1 Å². The highest BCUT2D eigenvalue weighted by molar-refractivity contribution is 6.04. The fraction of sp³-hybridized carbons (Fsp3) is 0.160. The predicted octanol–water partition coefficient (Wildman–Crippen LogP) is 4.83. The molecule has 0 spiro atoms. The van der Waals surface area contributed by atoms with Crippen molar-refractivity contribution in [3.63, 3.8) is 0 Å². The molecule has 30 heavy (non-hydrogen) atoms. The van der Waals surface area contributed by atoms with Crippen LogP contribution in [0.5, 0.6) is 17.2 Å². The molecule has 3 aromatic carbocycles. The van der Waals surface area contributed by atoms with Crippen molar-refractivity contribution in [2.24, 2.45) is 0 Å². The second kappa shape index (κ2) is 7.26. The van der Waals surface area contributed by atoms with Crippen LogP contribution in [-0.4, -0.2) is 19.9 Å². The highest BCUT2D eigenvalue weighted by atomic mass is 16.7. The van der Waals surface area contributed by atoms with Crippen molar-refractivity contribution in [1.29, 1.82) is 0 Å². The first-order valence-corrected chi connectivity index (χ1v) is 9.71. The number of rotatable bonds is 3. The molecular weight excluding hydrogens is 380 g/mol. The molecule has 0 fully saturated rings. The zero-order valence-corrected chi connectivity index (χ0v) is 16.7. The van der Waals surface area contributed by atoms with E-state index in [2.05, 4.69) is 0 Å². The van der Waals surface area contributed by atoms with Gasteiger partial charge in [0.25, 0.3) is 0 Å². The van der Waals surface area contributed by atoms with Crippen LogP contribution in [-0.2, 0) is 9.53 Å². The molecule has 2 aliphatic heterocycles. The lowest BCUT2D eigenvalue weighted by Gasteiger charge is -2.30. The third-order valence-corrected chi connectivity index (χ3v) is 5.38. The first kappa shape index (κ1) is 18.3. The molecule has 0 radical (unpaired) electrons. The molecule has 5 rings (SSSR count). The van der Waals surface area contributed by atoms with Crippen molar-refractivity contribution in [2.75, 3.05) is 13.9 Å². The highest BCUT2D eigenvalue weighted by Gasteiger charge is 2.36. The summed E-state index contributed by atoms with van der Waals surface area (Å²) in [5.74, 6) is 1.60. The standard InChI is InChI=1S/C25H20O5/c1-15-7-9-16(10-8-15)22-18-5-3-4-6-19(18)30-24(23(22)25(26)27-2)17-11-12-20-21(13-17)29-14-28-20/h3-13,24H,14H2,1-2H3. The number of esters is 1. The number of para-hydroxylation sites is 1. The van der Waals surface area contributed by atoms with E-state index >= 15 is 0 Å². The van der Waals surface area contributed by atoms with Gasteiger partial charge >= 0.3 is 5.97 Å². The summed E-state index contributed by atoms with van der Waals surface area (Å²) in [6.07, 6.45) is -0.641. The van der Waals surface area contributed by atoms with Crippen LogP contribution in [0.25, 0.3) is 5.57 Å². The summed E-state index contributed by atoms with van der Waals surface area (Å²) in [7, 11) is 1.39. The Labute approximate surface area is 174 Å². The van der Waals surface area contributed by atoms with E-state index in [9.17, 15) is 4.79 Å². The highest BCUT2D eigenvalue weighted by Crippen LogP contribution is 2.46. The summed E-state index contributed by atoms with van der Waals surface area (Å²) in [5.41, 5.74) is 5.00. The minimum atomic E-state index is -0.641. The average Bonchev–Trinajstić information content (AvgIpc) is 3.26. The Morgan fingerprint density at radius 3 is 2.50 bits per heavy atom. The maximum absolute atomic E-state index is 13.0. The van der Waals surface area contributed by atoms with Gasteiger partial charge < -0.3 is 18.9 Å². The summed E-state index contributed by atoms with van der Waals surface area (Å²) in [6, 6.07) is 21.4. The molecule has 0 amide bonds. The Hall–Kier alpha value is -3.73. The maximum atomic E-state index is 13.0. The van der Waals surface area contributed by atoms with Crippen LogP contribution in [0.4, 0.5) is 0 Å². The number of hydrogen-bond acceptors (Lipinski definition) is 5. The number of hydrogen-bond donors (Lipinski definition) is 0. The van der Waals surface area contributed by atoms with E-state index in [4.69, 9.17) is 18.9 Å². The molecule has 2 aliphatic rings. The third kappa shape index (κ3) is 2.99. The third-order valence-electron chi connectivity index (χ3n) is 5.38. The minimum absolute atomic E-state index is 0.182. The van der Waals surface area contributed by atoms with Gasteiger partial charge in [0.1, 0.15) is 5.75 Å². The van der Waals surface area contributed by atoms with E-state index < -0.39 is 12.1 Å². The van der Waals surface area contributed by atoms with Crippen molar-refractivity contribution in [3.8, 4) is 17.2 Å². The van der Waals surface area contributed by atoms with Gasteiger partial charge in [-0.25, -0.2) is 4.79 Å². The van der Waals surface area contributed by atoms with Gasteiger partial charge in [0, 0.05) is 16.7 Å². The van der Waals surface area contributed by atoms with E-state index in [0.717, 1.165) is 27.8 Å². The summed E-state index contributed by atoms with van der Waals surface area (Å²) >= 11 is 0. The van der Waals surface area contributed by atoms with Crippen LogP contribution in [0.1, 0.15) is 28.4 Å². The maximum Gasteiger partial charge on any atom is 0.338 e. The number of ether oxygens (including phenoxy) is 4. The molecule has 3 aromatic rings. The Bertz CT molecular complexity index is 1160. The molecule has 0 bridgehead atoms. The van der Waals surface area contributed by atoms with Crippen LogP contribution < -0.4 is 14.2 Å². The van der Waals surface area contributed by atoms with Crippen molar-refractivity contribution < 1.29 is 23.7 Å². The van der Waals surface area contributed by atoms with Crippen LogP contribution in [0.2, 0.25) is 0 Å². The quantitative estimate of drug-likeness (QED) is 0.590. The van der Waals surface area contributed by atoms with Crippen molar-refractivity contribution in [2.45, 2.75) is 13.0 Å². The van der Waals surface area contributed by atoms with E-state index in [1.165, 1.54) is 7.11 Å². The number of methoxy groups -OCH3 is 1. The topological polar surface area (TPSA) is 54.0 Å². The lowest BCUT2D eigenvalue weighted by atomic mass is 9.85. The smallest absolute Gasteiger partial charge is 0.338 e. The monoisotopic (exact) mass is 400 g/mol. The number of benzene rings is 3. The fourth-order valence-electron chi connectivity index (χ4n) is 3.90. The van der Waals surface area contributed by atoms with Crippen molar-refractivity contribution in [3.05, 3.63) is 94.6 Å². The molecule has 0 aliphatic carbocycles. The number of fused-ring (bicyclic) bond motifs is 2. The molecule has 5 heteroatoms. The molecular formula is C25H20O5. The van der Waals surface area contributed by atoms with Gasteiger partial charge in [0.15, 0.2) is 17.6 Å². The van der Waals surface area contributed by atoms with Crippen LogP contribution in [0.3, 0.4) is 0 Å². The number of carbonyl (C=O) groups excluding carboxylic acids is 1. The molecule has 150 valence electrons. The first-order valence-electron chi connectivity index (χ1n) is 9.71. The predicted molar refractivity (Wildman–Crippen MR) is 112 cm³/mol. The fourth-order valence-corrected chi connectivity index (χ4v) is 3.90. The van der Waals surface area contributed by atoms with Crippen molar-refractivity contribution >= 4 is 11.5 Å². The SMILES string of the molecule is COC(=O)C1=C(c2ccc(C)cc2)c2ccccc2OC1c1ccc2c(c1)OCO2. The molecule has 0 N–H and O–H groups in total. The van der Waals surface area contributed by atoms with Gasteiger partial charge in [-0.3, -0.25) is 0 Å². The minimum Gasteiger partial charge on any atom is -0.480 e. The molecule has 5 nitrogen and oxygen atoms in total. The van der Waals surface area contributed by atoms with Gasteiger partial charge in [0.05, 0.1) is 12.7 Å². The molecule has 0 aromatic heterocycles. The Morgan fingerprint density at radius 2 is 1.70 bits per heavy atom. The summed E-state index contributed by atoms with van der Waals surface area (Å²) < 4.78 is 22.5. The molecule has 1 unspecified atom stereocenters. The van der Waals surface area contributed by atoms with Crippen LogP contribution in [0, 0.1) is 6.92 Å². The van der Waals surface area contributed by atoms with Gasteiger partial charge in [0.2, 0.25) is 6.79 Å². The molecule has 0 saturated carbocycles. The lowest BCUT2D eigenvalue weighted by molar-refractivity contribution is -0.137. The Balaban J connectivity index is 1.76. The summed E-state index contributed by atoms with van der Waals surface area (Å²) in [6.45, 7) is 2.22. The van der Waals surface area contributed by atoms with E-state index in [1.54, 1.807) is 0 Å². The molecule has 1 atom stereocenters. The Kier molecular flexibility index (Phi) is 4.43. The lowest BCUT2D eigenvalue weighted by Crippen LogP contribution is -2.24. The number of aryl methyl sites for hydroxylation is 1. The van der Waals surface area contributed by atoms with Gasteiger partial charge in [-0.05, 0) is 30.7 Å². The van der Waals surface area contributed by atoms with E-state index in [1.807, 2.05) is 73.7 Å². The van der Waals surface area contributed by atoms with Gasteiger partial charge in [-0.2, -0.15) is 0 Å².